The molecule has 128 valence electrons. The minimum atomic E-state index is -0.159. The number of fused-ring (bicyclic) bond motifs is 4. The Labute approximate surface area is 151 Å². The number of phenols is 1. The van der Waals surface area contributed by atoms with E-state index in [1.807, 2.05) is 24.4 Å². The molecule has 0 radical (unpaired) electrons. The average molecular weight is 342 g/mol. The Morgan fingerprint density at radius 3 is 2.77 bits per heavy atom. The summed E-state index contributed by atoms with van der Waals surface area (Å²) in [6.45, 7) is 0.863. The Kier molecular flexibility index (Phi) is 3.25. The third kappa shape index (κ3) is 2.19. The molecular formula is C22H18N2O2. The number of phenolic OH excluding ortho intramolecular Hbond substituents is 1. The number of hydrogen-bond donors (Lipinski definition) is 2. The highest BCUT2D eigenvalue weighted by Gasteiger charge is 2.35. The summed E-state index contributed by atoms with van der Waals surface area (Å²) in [4.78, 5) is 14.9. The number of nitrogens with zero attached hydrogens (tertiary/aromatic N) is 1. The van der Waals surface area contributed by atoms with Gasteiger partial charge in [-0.1, -0.05) is 30.3 Å². The minimum absolute atomic E-state index is 0.0163. The predicted octanol–water partition coefficient (Wildman–Crippen LogP) is 4.16. The molecule has 0 spiro atoms. The van der Waals surface area contributed by atoms with Gasteiger partial charge in [-0.25, -0.2) is 0 Å². The number of aromatic hydroxyl groups is 1. The van der Waals surface area contributed by atoms with Crippen LogP contribution in [0.1, 0.15) is 28.3 Å². The molecule has 4 heteroatoms. The molecule has 3 aliphatic heterocycles. The molecule has 0 fully saturated rings. The molecular weight excluding hydrogens is 324 g/mol. The Morgan fingerprint density at radius 1 is 1.08 bits per heavy atom. The maximum Gasteiger partial charge on any atom is 0.198 e. The first-order valence-corrected chi connectivity index (χ1v) is 8.82. The summed E-state index contributed by atoms with van der Waals surface area (Å²) in [5.41, 5.74) is 5.77. The number of rotatable bonds is 2. The van der Waals surface area contributed by atoms with Gasteiger partial charge in [-0.15, -0.1) is 0 Å². The van der Waals surface area contributed by atoms with Crippen LogP contribution in [0, 0.1) is 0 Å². The lowest BCUT2D eigenvalue weighted by molar-refractivity contribution is 0.103. The molecule has 1 unspecified atom stereocenters. The molecule has 2 aromatic rings. The summed E-state index contributed by atoms with van der Waals surface area (Å²) in [5, 5.41) is 13.5. The fourth-order valence-corrected chi connectivity index (χ4v) is 4.04. The van der Waals surface area contributed by atoms with Crippen molar-refractivity contribution in [1.29, 1.82) is 0 Å². The Bertz CT molecular complexity index is 1020. The third-order valence-corrected chi connectivity index (χ3v) is 5.32. The van der Waals surface area contributed by atoms with Crippen molar-refractivity contribution in [2.45, 2.75) is 12.3 Å². The molecule has 0 saturated carbocycles. The number of hydrogen-bond acceptors (Lipinski definition) is 4. The van der Waals surface area contributed by atoms with Gasteiger partial charge in [0, 0.05) is 35.6 Å². The van der Waals surface area contributed by atoms with Gasteiger partial charge >= 0.3 is 0 Å². The first-order valence-electron chi connectivity index (χ1n) is 8.82. The van der Waals surface area contributed by atoms with Crippen LogP contribution in [0.15, 0.2) is 83.9 Å². The van der Waals surface area contributed by atoms with Crippen molar-refractivity contribution < 1.29 is 9.90 Å². The van der Waals surface area contributed by atoms with Crippen molar-refractivity contribution >= 4 is 11.5 Å². The summed E-state index contributed by atoms with van der Waals surface area (Å²) < 4.78 is 0. The van der Waals surface area contributed by atoms with Crippen LogP contribution < -0.4 is 5.32 Å². The van der Waals surface area contributed by atoms with Gasteiger partial charge in [0.25, 0.3) is 0 Å². The molecule has 0 aliphatic carbocycles. The van der Waals surface area contributed by atoms with Crippen molar-refractivity contribution in [2.24, 2.45) is 0 Å². The number of allylic oxidation sites excluding steroid dienone is 4. The highest BCUT2D eigenvalue weighted by molar-refractivity contribution is 6.12. The first kappa shape index (κ1) is 15.0. The van der Waals surface area contributed by atoms with Gasteiger partial charge < -0.3 is 15.3 Å². The van der Waals surface area contributed by atoms with E-state index in [1.54, 1.807) is 24.3 Å². The van der Waals surface area contributed by atoms with E-state index >= 15 is 0 Å². The summed E-state index contributed by atoms with van der Waals surface area (Å²) in [6.07, 6.45) is 6.76. The molecule has 3 heterocycles. The van der Waals surface area contributed by atoms with E-state index in [1.165, 1.54) is 16.9 Å². The molecule has 4 nitrogen and oxygen atoms in total. The smallest absolute Gasteiger partial charge is 0.198 e. The van der Waals surface area contributed by atoms with Gasteiger partial charge in [-0.2, -0.15) is 0 Å². The summed E-state index contributed by atoms with van der Waals surface area (Å²) >= 11 is 0. The van der Waals surface area contributed by atoms with E-state index in [0.29, 0.717) is 17.1 Å². The zero-order valence-electron chi connectivity index (χ0n) is 14.1. The maximum atomic E-state index is 12.8. The highest BCUT2D eigenvalue weighted by Crippen LogP contribution is 2.45. The second kappa shape index (κ2) is 5.63. The predicted molar refractivity (Wildman–Crippen MR) is 101 cm³/mol. The van der Waals surface area contributed by atoms with Gasteiger partial charge in [0.05, 0.1) is 11.3 Å². The quantitative estimate of drug-likeness (QED) is 0.805. The number of anilines is 1. The molecule has 3 aliphatic rings. The molecule has 0 aromatic heterocycles. The van der Waals surface area contributed by atoms with Crippen molar-refractivity contribution in [3.63, 3.8) is 0 Å². The highest BCUT2D eigenvalue weighted by atomic mass is 16.3. The van der Waals surface area contributed by atoms with Crippen molar-refractivity contribution in [1.82, 2.24) is 4.90 Å². The fraction of sp³-hybridized carbons (Fsp3) is 0.136. The summed E-state index contributed by atoms with van der Waals surface area (Å²) in [5.74, 6) is 0.252. The summed E-state index contributed by atoms with van der Waals surface area (Å²) in [6, 6.07) is 15.1. The molecule has 0 amide bonds. The van der Waals surface area contributed by atoms with Gasteiger partial charge in [0.15, 0.2) is 5.78 Å². The van der Waals surface area contributed by atoms with Crippen LogP contribution in [0.2, 0.25) is 0 Å². The lowest BCUT2D eigenvalue weighted by Gasteiger charge is -2.34. The number of nitrogens with one attached hydrogen (secondary N) is 1. The van der Waals surface area contributed by atoms with Gasteiger partial charge in [0.1, 0.15) is 5.75 Å². The van der Waals surface area contributed by atoms with Crippen LogP contribution in [-0.4, -0.2) is 22.3 Å². The van der Waals surface area contributed by atoms with Gasteiger partial charge in [0.2, 0.25) is 0 Å². The SMILES string of the molecule is O=C(C1=CN2CCC3C(=C2C=C1)Nc1ccccc13)c1ccccc1O. The van der Waals surface area contributed by atoms with Crippen LogP contribution in [0.5, 0.6) is 5.75 Å². The van der Waals surface area contributed by atoms with E-state index < -0.39 is 0 Å². The van der Waals surface area contributed by atoms with Crippen LogP contribution >= 0.6 is 0 Å². The zero-order chi connectivity index (χ0) is 17.7. The van der Waals surface area contributed by atoms with Crippen LogP contribution in [0.4, 0.5) is 5.69 Å². The molecule has 2 aromatic carbocycles. The normalized spacial score (nSPS) is 20.1. The van der Waals surface area contributed by atoms with Crippen molar-refractivity contribution in [2.75, 3.05) is 11.9 Å². The Morgan fingerprint density at radius 2 is 1.88 bits per heavy atom. The minimum Gasteiger partial charge on any atom is -0.507 e. The second-order valence-electron chi connectivity index (χ2n) is 6.81. The lowest BCUT2D eigenvalue weighted by atomic mass is 9.89. The molecule has 0 bridgehead atoms. The lowest BCUT2D eigenvalue weighted by Crippen LogP contribution is -2.30. The fourth-order valence-electron chi connectivity index (χ4n) is 4.04. The number of ketones is 1. The molecule has 1 atom stereocenters. The summed E-state index contributed by atoms with van der Waals surface area (Å²) in [7, 11) is 0. The Hall–Kier alpha value is -3.27. The van der Waals surface area contributed by atoms with E-state index in [-0.39, 0.29) is 11.5 Å². The standard InChI is InChI=1S/C22H18N2O2/c25-20-8-4-2-6-17(20)22(26)14-9-10-19-21-16(11-12-24(19)13-14)15-5-1-3-7-18(15)23-21/h1-10,13,16,23,25H,11-12H2. The molecule has 2 N–H and O–H groups in total. The number of benzene rings is 2. The van der Waals surface area contributed by atoms with Crippen LogP contribution in [-0.2, 0) is 0 Å². The Balaban J connectivity index is 1.49. The van der Waals surface area contributed by atoms with Crippen molar-refractivity contribution in [3.05, 3.63) is 95.0 Å². The largest absolute Gasteiger partial charge is 0.507 e. The van der Waals surface area contributed by atoms with Crippen LogP contribution in [0.25, 0.3) is 0 Å². The topological polar surface area (TPSA) is 52.6 Å². The molecule has 0 saturated heterocycles. The number of Topliss-reactive ketones (excluding diaryl/α,β-unsaturated/α-hetero) is 1. The zero-order valence-corrected chi connectivity index (χ0v) is 14.1. The van der Waals surface area contributed by atoms with E-state index in [4.69, 9.17) is 0 Å². The van der Waals surface area contributed by atoms with E-state index in [2.05, 4.69) is 28.4 Å². The monoisotopic (exact) mass is 342 g/mol. The van der Waals surface area contributed by atoms with Crippen LogP contribution in [0.3, 0.4) is 0 Å². The van der Waals surface area contributed by atoms with E-state index in [0.717, 1.165) is 18.7 Å². The van der Waals surface area contributed by atoms with Crippen molar-refractivity contribution in [3.8, 4) is 5.75 Å². The van der Waals surface area contributed by atoms with Gasteiger partial charge in [-0.3, -0.25) is 4.79 Å². The second-order valence-corrected chi connectivity index (χ2v) is 6.81. The first-order chi connectivity index (χ1) is 12.7. The molecule has 26 heavy (non-hydrogen) atoms. The third-order valence-electron chi connectivity index (χ3n) is 5.32. The number of carbonyl (C=O) groups is 1. The van der Waals surface area contributed by atoms with E-state index in [9.17, 15) is 9.90 Å². The number of carbonyl (C=O) groups excluding carboxylic acids is 1. The molecule has 5 rings (SSSR count). The average Bonchev–Trinajstić information content (AvgIpc) is 3.06. The van der Waals surface area contributed by atoms with Gasteiger partial charge in [-0.05, 0) is 42.3 Å². The maximum absolute atomic E-state index is 12.8. The number of para-hydroxylation sites is 2.